The Labute approximate surface area is 127 Å². The molecule has 2 aromatic carbocycles. The van der Waals surface area contributed by atoms with Crippen LogP contribution in [0.3, 0.4) is 0 Å². The van der Waals surface area contributed by atoms with E-state index in [1.54, 1.807) is 0 Å². The highest BCUT2D eigenvalue weighted by atomic mass is 35.5. The maximum atomic E-state index is 6.03. The van der Waals surface area contributed by atoms with Gasteiger partial charge in [-0.15, -0.1) is 0 Å². The fraction of sp³-hybridized carbons (Fsp3) is 0. The van der Waals surface area contributed by atoms with Gasteiger partial charge in [0.2, 0.25) is 0 Å². The summed E-state index contributed by atoms with van der Waals surface area (Å²) in [5.74, 6) is 0. The number of benzene rings is 2. The second-order valence-corrected chi connectivity index (χ2v) is 5.18. The highest BCUT2D eigenvalue weighted by Crippen LogP contribution is 2.24. The zero-order valence-corrected chi connectivity index (χ0v) is 12.1. The molecule has 20 heavy (non-hydrogen) atoms. The Balaban J connectivity index is 2.15. The third kappa shape index (κ3) is 2.79. The molecule has 0 spiro atoms. The molecule has 0 radical (unpaired) electrons. The van der Waals surface area contributed by atoms with E-state index in [0.717, 1.165) is 22.5 Å². The fourth-order valence-electron chi connectivity index (χ4n) is 2.03. The number of aromatic nitrogens is 2. The lowest BCUT2D eigenvalue weighted by atomic mass is 10.1. The molecular formula is C16H11ClN2S. The van der Waals surface area contributed by atoms with Gasteiger partial charge in [-0.1, -0.05) is 54.1 Å². The Morgan fingerprint density at radius 1 is 0.900 bits per heavy atom. The van der Waals surface area contributed by atoms with E-state index in [2.05, 4.69) is 9.97 Å². The lowest BCUT2D eigenvalue weighted by Crippen LogP contribution is -1.91. The highest BCUT2D eigenvalue weighted by molar-refractivity contribution is 7.71. The number of nitrogens with one attached hydrogen (secondary N) is 1. The largest absolute Gasteiger partial charge is 0.330 e. The molecule has 0 aliphatic rings. The Bertz CT molecular complexity index is 797. The van der Waals surface area contributed by atoms with Crippen molar-refractivity contribution in [3.05, 3.63) is 70.5 Å². The van der Waals surface area contributed by atoms with Crippen molar-refractivity contribution in [2.45, 2.75) is 0 Å². The topological polar surface area (TPSA) is 28.7 Å². The van der Waals surface area contributed by atoms with Crippen LogP contribution in [0.5, 0.6) is 0 Å². The third-order valence-electron chi connectivity index (χ3n) is 2.95. The van der Waals surface area contributed by atoms with Gasteiger partial charge in [0.05, 0.1) is 5.69 Å². The molecule has 1 aromatic heterocycles. The lowest BCUT2D eigenvalue weighted by molar-refractivity contribution is 1.14. The summed E-state index contributed by atoms with van der Waals surface area (Å²) in [7, 11) is 0. The summed E-state index contributed by atoms with van der Waals surface area (Å²) in [5.41, 5.74) is 3.79. The lowest BCUT2D eigenvalue weighted by Gasteiger charge is -2.06. The molecule has 0 atom stereocenters. The number of rotatable bonds is 2. The van der Waals surface area contributed by atoms with Crippen LogP contribution in [0.2, 0.25) is 5.02 Å². The van der Waals surface area contributed by atoms with Crippen molar-refractivity contribution in [1.82, 2.24) is 9.97 Å². The van der Waals surface area contributed by atoms with Gasteiger partial charge < -0.3 is 4.98 Å². The maximum Gasteiger partial charge on any atom is 0.197 e. The summed E-state index contributed by atoms with van der Waals surface area (Å²) in [6.45, 7) is 0. The maximum absolute atomic E-state index is 6.03. The van der Waals surface area contributed by atoms with E-state index in [9.17, 15) is 0 Å². The van der Waals surface area contributed by atoms with Crippen molar-refractivity contribution < 1.29 is 0 Å². The van der Waals surface area contributed by atoms with E-state index in [-0.39, 0.29) is 0 Å². The van der Waals surface area contributed by atoms with Gasteiger partial charge in [0, 0.05) is 16.3 Å². The van der Waals surface area contributed by atoms with E-state index < -0.39 is 0 Å². The van der Waals surface area contributed by atoms with Gasteiger partial charge in [0.1, 0.15) is 0 Å². The number of hydrogen-bond donors (Lipinski definition) is 1. The summed E-state index contributed by atoms with van der Waals surface area (Å²) in [4.78, 5) is 7.49. The Morgan fingerprint density at radius 3 is 2.40 bits per heavy atom. The molecule has 98 valence electrons. The first-order valence-corrected chi connectivity index (χ1v) is 6.94. The zero-order valence-electron chi connectivity index (χ0n) is 10.5. The average molecular weight is 299 g/mol. The Morgan fingerprint density at radius 2 is 1.65 bits per heavy atom. The Kier molecular flexibility index (Phi) is 3.63. The van der Waals surface area contributed by atoms with Crippen LogP contribution < -0.4 is 0 Å². The minimum Gasteiger partial charge on any atom is -0.330 e. The molecule has 0 saturated carbocycles. The third-order valence-corrected chi connectivity index (χ3v) is 3.38. The molecule has 1 N–H and O–H groups in total. The Hall–Kier alpha value is -1.97. The predicted molar refractivity (Wildman–Crippen MR) is 85.3 cm³/mol. The minimum absolute atomic E-state index is 0.460. The molecule has 2 nitrogen and oxygen atoms in total. The summed E-state index contributed by atoms with van der Waals surface area (Å²) in [5, 5.41) is 0.685. The first kappa shape index (κ1) is 13.0. The van der Waals surface area contributed by atoms with E-state index in [0.29, 0.717) is 9.79 Å². The van der Waals surface area contributed by atoms with Gasteiger partial charge in [-0.2, -0.15) is 0 Å². The first-order chi connectivity index (χ1) is 9.72. The van der Waals surface area contributed by atoms with Crippen molar-refractivity contribution in [1.29, 1.82) is 0 Å². The summed E-state index contributed by atoms with van der Waals surface area (Å²) in [6, 6.07) is 19.6. The second kappa shape index (κ2) is 5.57. The molecule has 1 heterocycles. The van der Waals surface area contributed by atoms with Crippen LogP contribution in [0.15, 0.2) is 60.7 Å². The van der Waals surface area contributed by atoms with E-state index in [1.165, 1.54) is 0 Å². The number of nitrogens with zero attached hydrogens (tertiary/aromatic N) is 1. The smallest absolute Gasteiger partial charge is 0.197 e. The van der Waals surface area contributed by atoms with Crippen LogP contribution in [0, 0.1) is 4.77 Å². The second-order valence-electron chi connectivity index (χ2n) is 4.36. The van der Waals surface area contributed by atoms with E-state index >= 15 is 0 Å². The number of hydrogen-bond acceptors (Lipinski definition) is 2. The van der Waals surface area contributed by atoms with Crippen LogP contribution in [-0.2, 0) is 0 Å². The summed E-state index contributed by atoms with van der Waals surface area (Å²) in [6.07, 6.45) is 0. The molecule has 0 fully saturated rings. The van der Waals surface area contributed by atoms with Gasteiger partial charge in [0.15, 0.2) is 4.77 Å². The van der Waals surface area contributed by atoms with Crippen LogP contribution >= 0.6 is 23.8 Å². The standard InChI is InChI=1S/C16H11ClN2S/c17-13-8-4-7-12(9-13)15-10-14(18-16(20)19-15)11-5-2-1-3-6-11/h1-10H,(H,18,19,20). The van der Waals surface area contributed by atoms with Gasteiger partial charge in [-0.3, -0.25) is 0 Å². The fourth-order valence-corrected chi connectivity index (χ4v) is 2.43. The number of halogens is 1. The number of aromatic amines is 1. The van der Waals surface area contributed by atoms with Gasteiger partial charge in [-0.05, 0) is 36.0 Å². The summed E-state index contributed by atoms with van der Waals surface area (Å²) >= 11 is 11.2. The first-order valence-electron chi connectivity index (χ1n) is 6.15. The monoisotopic (exact) mass is 298 g/mol. The van der Waals surface area contributed by atoms with Gasteiger partial charge in [0.25, 0.3) is 0 Å². The molecule has 3 rings (SSSR count). The molecule has 0 unspecified atom stereocenters. The van der Waals surface area contributed by atoms with Crippen molar-refractivity contribution in [3.63, 3.8) is 0 Å². The van der Waals surface area contributed by atoms with E-state index in [4.69, 9.17) is 23.8 Å². The molecule has 0 saturated heterocycles. The summed E-state index contributed by atoms with van der Waals surface area (Å²) < 4.78 is 0.460. The van der Waals surface area contributed by atoms with Crippen LogP contribution in [0.25, 0.3) is 22.5 Å². The molecule has 0 aliphatic carbocycles. The predicted octanol–water partition coefficient (Wildman–Crippen LogP) is 5.13. The van der Waals surface area contributed by atoms with Crippen LogP contribution in [0.1, 0.15) is 0 Å². The van der Waals surface area contributed by atoms with Crippen LogP contribution in [-0.4, -0.2) is 9.97 Å². The van der Waals surface area contributed by atoms with Gasteiger partial charge in [-0.25, -0.2) is 4.98 Å². The normalized spacial score (nSPS) is 10.4. The molecule has 0 amide bonds. The molecule has 3 aromatic rings. The number of H-pyrrole nitrogens is 1. The van der Waals surface area contributed by atoms with Crippen LogP contribution in [0.4, 0.5) is 0 Å². The molecule has 4 heteroatoms. The molecular weight excluding hydrogens is 288 g/mol. The van der Waals surface area contributed by atoms with Crippen molar-refractivity contribution in [3.8, 4) is 22.5 Å². The average Bonchev–Trinajstić information content (AvgIpc) is 2.47. The van der Waals surface area contributed by atoms with Gasteiger partial charge >= 0.3 is 0 Å². The molecule has 0 aliphatic heterocycles. The highest BCUT2D eigenvalue weighted by Gasteiger charge is 2.04. The SMILES string of the molecule is S=c1nc(-c2cccc(Cl)c2)cc(-c2ccccc2)[nH]1. The van der Waals surface area contributed by atoms with Crippen molar-refractivity contribution in [2.75, 3.05) is 0 Å². The van der Waals surface area contributed by atoms with E-state index in [1.807, 2.05) is 60.7 Å². The minimum atomic E-state index is 0.460. The quantitative estimate of drug-likeness (QED) is 0.665. The zero-order chi connectivity index (χ0) is 13.9. The van der Waals surface area contributed by atoms with Crippen molar-refractivity contribution >= 4 is 23.8 Å². The van der Waals surface area contributed by atoms with Crippen molar-refractivity contribution in [2.24, 2.45) is 0 Å². The molecule has 0 bridgehead atoms.